The number of aromatic nitrogens is 3. The fraction of sp³-hybridized carbons (Fsp3) is 0.440. The van der Waals surface area contributed by atoms with Crippen molar-refractivity contribution in [3.63, 3.8) is 0 Å². The minimum absolute atomic E-state index is 0.288. The number of thioether (sulfide) groups is 1. The number of nitrogens with zero attached hydrogens (tertiary/aromatic N) is 3. The third-order valence-corrected chi connectivity index (χ3v) is 6.50. The average Bonchev–Trinajstić information content (AvgIpc) is 3.23. The van der Waals surface area contributed by atoms with E-state index in [-0.39, 0.29) is 6.61 Å². The maximum Gasteiger partial charge on any atom is 0.303 e. The molecule has 0 saturated carbocycles. The van der Waals surface area contributed by atoms with Gasteiger partial charge in [-0.15, -0.1) is 16.8 Å². The van der Waals surface area contributed by atoms with E-state index in [1.165, 1.54) is 27.7 Å². The van der Waals surface area contributed by atoms with E-state index in [2.05, 4.69) is 22.1 Å². The van der Waals surface area contributed by atoms with Crippen LogP contribution in [0.25, 0.3) is 11.4 Å². The van der Waals surface area contributed by atoms with E-state index in [9.17, 15) is 19.2 Å². The van der Waals surface area contributed by atoms with Crippen molar-refractivity contribution in [3.05, 3.63) is 43.0 Å². The molecule has 1 aromatic heterocycles. The van der Waals surface area contributed by atoms with Crippen LogP contribution in [-0.2, 0) is 44.7 Å². The number of hydrogen-bond donors (Lipinski definition) is 1. The highest BCUT2D eigenvalue weighted by Gasteiger charge is 2.51. The van der Waals surface area contributed by atoms with Crippen molar-refractivity contribution in [1.29, 1.82) is 0 Å². The molecule has 1 saturated heterocycles. The summed E-state index contributed by atoms with van der Waals surface area (Å²) in [6.45, 7) is 8.81. The fourth-order valence-corrected chi connectivity index (χ4v) is 5.12. The van der Waals surface area contributed by atoms with Gasteiger partial charge in [0.2, 0.25) is 5.91 Å². The molecule has 2 aromatic rings. The molecule has 2 heterocycles. The lowest BCUT2D eigenvalue weighted by Gasteiger charge is -2.44. The van der Waals surface area contributed by atoms with Crippen LogP contribution in [0.5, 0.6) is 0 Å². The van der Waals surface area contributed by atoms with E-state index in [0.717, 1.165) is 17.3 Å². The van der Waals surface area contributed by atoms with Crippen molar-refractivity contribution in [2.45, 2.75) is 69.2 Å². The van der Waals surface area contributed by atoms with Crippen LogP contribution < -0.4 is 5.32 Å². The van der Waals surface area contributed by atoms with Crippen LogP contribution in [0.2, 0.25) is 0 Å². The third kappa shape index (κ3) is 7.42. The molecule has 13 heteroatoms. The van der Waals surface area contributed by atoms with Gasteiger partial charge in [-0.05, 0) is 0 Å². The Bertz CT molecular complexity index is 1170. The summed E-state index contributed by atoms with van der Waals surface area (Å²) in [6.07, 6.45) is -1.65. The zero-order chi connectivity index (χ0) is 27.8. The Hall–Kier alpha value is -3.71. The molecule has 1 fully saturated rings. The molecule has 1 aliphatic heterocycles. The maximum absolute atomic E-state index is 12.2. The number of benzene rings is 1. The van der Waals surface area contributed by atoms with Crippen molar-refractivity contribution in [1.82, 2.24) is 20.1 Å². The Morgan fingerprint density at radius 2 is 1.68 bits per heavy atom. The molecule has 12 nitrogen and oxygen atoms in total. The summed E-state index contributed by atoms with van der Waals surface area (Å²) in [6, 6.07) is 8.47. The van der Waals surface area contributed by atoms with Gasteiger partial charge in [-0.2, -0.15) is 0 Å². The number of rotatable bonds is 10. The molecule has 1 N–H and O–H groups in total. The number of ether oxygens (including phenoxy) is 4. The van der Waals surface area contributed by atoms with E-state index in [0.29, 0.717) is 17.5 Å². The minimum atomic E-state index is -1.17. The van der Waals surface area contributed by atoms with Gasteiger partial charge in [0.15, 0.2) is 23.2 Å². The van der Waals surface area contributed by atoms with Gasteiger partial charge < -0.3 is 24.3 Å². The first-order valence-electron chi connectivity index (χ1n) is 11.8. The van der Waals surface area contributed by atoms with Crippen LogP contribution in [0.15, 0.2) is 48.1 Å². The molecule has 0 unspecified atom stereocenters. The predicted octanol–water partition coefficient (Wildman–Crippen LogP) is 1.88. The second-order valence-corrected chi connectivity index (χ2v) is 9.47. The van der Waals surface area contributed by atoms with Crippen LogP contribution in [0.4, 0.5) is 0 Å². The molecule has 5 atom stereocenters. The number of nitrogens with one attached hydrogen (secondary N) is 1. The van der Waals surface area contributed by atoms with Gasteiger partial charge in [-0.1, -0.05) is 48.2 Å². The quantitative estimate of drug-likeness (QED) is 0.264. The topological polar surface area (TPSA) is 148 Å². The maximum atomic E-state index is 12.2. The molecule has 3 rings (SSSR count). The van der Waals surface area contributed by atoms with Crippen LogP contribution in [0.1, 0.15) is 27.7 Å². The van der Waals surface area contributed by atoms with Crippen LogP contribution in [-0.4, -0.2) is 75.0 Å². The summed E-state index contributed by atoms with van der Waals surface area (Å²) in [5, 5.41) is 11.8. The normalized spacial score (nSPS) is 22.7. The summed E-state index contributed by atoms with van der Waals surface area (Å²) >= 11 is 1.12. The number of amides is 1. The van der Waals surface area contributed by atoms with Crippen molar-refractivity contribution in [2.24, 2.45) is 0 Å². The summed E-state index contributed by atoms with van der Waals surface area (Å²) in [5.41, 5.74) is -0.0795. The monoisotopic (exact) mass is 546 g/mol. The summed E-state index contributed by atoms with van der Waals surface area (Å²) < 4.78 is 24.2. The van der Waals surface area contributed by atoms with E-state index >= 15 is 0 Å². The Balaban J connectivity index is 2.04. The minimum Gasteiger partial charge on any atom is -0.463 e. The molecule has 204 valence electrons. The average molecular weight is 547 g/mol. The molecule has 0 aliphatic carbocycles. The highest BCUT2D eigenvalue weighted by Crippen LogP contribution is 2.36. The van der Waals surface area contributed by atoms with Gasteiger partial charge in [0.25, 0.3) is 0 Å². The second kappa shape index (κ2) is 13.2. The summed E-state index contributed by atoms with van der Waals surface area (Å²) in [5.74, 6) is -1.76. The molecule has 38 heavy (non-hydrogen) atoms. The van der Waals surface area contributed by atoms with Crippen LogP contribution in [0.3, 0.4) is 0 Å². The zero-order valence-corrected chi connectivity index (χ0v) is 22.3. The van der Waals surface area contributed by atoms with Gasteiger partial charge in [0, 0.05) is 39.8 Å². The Morgan fingerprint density at radius 3 is 2.26 bits per heavy atom. The largest absolute Gasteiger partial charge is 0.463 e. The van der Waals surface area contributed by atoms with Crippen molar-refractivity contribution in [2.75, 3.05) is 6.61 Å². The molecule has 0 radical (unpaired) electrons. The van der Waals surface area contributed by atoms with Crippen molar-refractivity contribution < 1.29 is 38.1 Å². The van der Waals surface area contributed by atoms with Crippen molar-refractivity contribution in [3.8, 4) is 11.4 Å². The highest BCUT2D eigenvalue weighted by atomic mass is 32.2. The number of carbonyl (C=O) groups excluding carboxylic acids is 4. The lowest BCUT2D eigenvalue weighted by Crippen LogP contribution is -2.65. The summed E-state index contributed by atoms with van der Waals surface area (Å²) in [4.78, 5) is 47.7. The number of hydrogen-bond acceptors (Lipinski definition) is 11. The lowest BCUT2D eigenvalue weighted by atomic mass is 9.97. The van der Waals surface area contributed by atoms with E-state index in [4.69, 9.17) is 18.9 Å². The second-order valence-electron chi connectivity index (χ2n) is 8.41. The lowest BCUT2D eigenvalue weighted by molar-refractivity contribution is -0.211. The van der Waals surface area contributed by atoms with Crippen molar-refractivity contribution >= 4 is 35.6 Å². The number of allylic oxidation sites excluding steroid dienone is 1. The van der Waals surface area contributed by atoms with Gasteiger partial charge >= 0.3 is 17.9 Å². The van der Waals surface area contributed by atoms with E-state index < -0.39 is 53.6 Å². The first kappa shape index (κ1) is 28.9. The van der Waals surface area contributed by atoms with E-state index in [1.807, 2.05) is 34.9 Å². The number of carbonyl (C=O) groups is 4. The molecule has 1 aromatic carbocycles. The molecule has 0 bridgehead atoms. The third-order valence-electron chi connectivity index (χ3n) is 5.35. The number of esters is 3. The highest BCUT2D eigenvalue weighted by molar-refractivity contribution is 7.99. The molecular weight excluding hydrogens is 516 g/mol. The van der Waals surface area contributed by atoms with Gasteiger partial charge in [-0.3, -0.25) is 23.7 Å². The smallest absolute Gasteiger partial charge is 0.303 e. The molecule has 1 aliphatic rings. The Labute approximate surface area is 224 Å². The Kier molecular flexibility index (Phi) is 10.0. The molecule has 1 amide bonds. The first-order chi connectivity index (χ1) is 18.1. The van der Waals surface area contributed by atoms with Crippen LogP contribution >= 0.6 is 11.8 Å². The standard InChI is InChI=1S/C25H30N4O8S/c1-6-12-29-23(18-10-8-7-9-11-18)27-28-25(29)38-24-20(26-14(2)30)22(36-17(5)33)21(35-16(4)32)19(37-24)13-34-15(3)31/h6-11,19-22,24H,1,12-13H2,2-5H3,(H,26,30)/t19-,20-,21-,22-,24+/m1/s1. The zero-order valence-electron chi connectivity index (χ0n) is 21.5. The van der Waals surface area contributed by atoms with Crippen LogP contribution in [0, 0.1) is 0 Å². The Morgan fingerprint density at radius 1 is 1.03 bits per heavy atom. The predicted molar refractivity (Wildman–Crippen MR) is 136 cm³/mol. The molecule has 0 spiro atoms. The fourth-order valence-electron chi connectivity index (χ4n) is 3.97. The van der Waals surface area contributed by atoms with Gasteiger partial charge in [-0.25, -0.2) is 0 Å². The summed E-state index contributed by atoms with van der Waals surface area (Å²) in [7, 11) is 0. The first-order valence-corrected chi connectivity index (χ1v) is 12.6. The van der Waals surface area contributed by atoms with Gasteiger partial charge in [0.05, 0.1) is 0 Å². The van der Waals surface area contributed by atoms with Gasteiger partial charge in [0.1, 0.15) is 24.2 Å². The SMILES string of the molecule is C=CCn1c(S[C@@H]2O[C@H](COC(C)=O)[C@@H](OC(C)=O)[C@H](OC(C)=O)[C@H]2NC(C)=O)nnc1-c1ccccc1. The molecular formula is C25H30N4O8S. The van der Waals surface area contributed by atoms with E-state index in [1.54, 1.807) is 6.08 Å².